The Bertz CT molecular complexity index is 516. The van der Waals surface area contributed by atoms with Crippen LogP contribution in [-0.4, -0.2) is 17.8 Å². The largest absolute Gasteiger partial charge is 0.497 e. The van der Waals surface area contributed by atoms with Crippen molar-refractivity contribution in [2.24, 2.45) is 11.5 Å². The lowest BCUT2D eigenvalue weighted by atomic mass is 10.0. The standard InChI is InChI=1S/C13H19N3O.ClH/c1-13(14,15)6-5-9-8-16-12-7-10(17-2)3-4-11(9)12;/h3-4,7-8,16H,5-6,14-15H2,1-2H3;1H. The van der Waals surface area contributed by atoms with Crippen molar-refractivity contribution in [3.8, 4) is 5.75 Å². The van der Waals surface area contributed by atoms with E-state index in [-0.39, 0.29) is 12.4 Å². The van der Waals surface area contributed by atoms with Gasteiger partial charge in [-0.1, -0.05) is 0 Å². The molecule has 1 heterocycles. The van der Waals surface area contributed by atoms with Crippen LogP contribution in [-0.2, 0) is 6.42 Å². The minimum absolute atomic E-state index is 0. The maximum absolute atomic E-state index is 5.79. The van der Waals surface area contributed by atoms with Crippen LogP contribution in [0.25, 0.3) is 10.9 Å². The van der Waals surface area contributed by atoms with Gasteiger partial charge in [-0.3, -0.25) is 0 Å². The number of methoxy groups -OCH3 is 1. The summed E-state index contributed by atoms with van der Waals surface area (Å²) in [5, 5.41) is 1.20. The molecule has 18 heavy (non-hydrogen) atoms. The molecule has 1 aromatic heterocycles. The van der Waals surface area contributed by atoms with Crippen LogP contribution >= 0.6 is 12.4 Å². The number of aryl methyl sites for hydroxylation is 1. The number of nitrogens with one attached hydrogen (secondary N) is 1. The van der Waals surface area contributed by atoms with Crippen LogP contribution in [0.5, 0.6) is 5.75 Å². The van der Waals surface area contributed by atoms with Crippen LogP contribution in [0.4, 0.5) is 0 Å². The summed E-state index contributed by atoms with van der Waals surface area (Å²) in [6.45, 7) is 1.84. The van der Waals surface area contributed by atoms with E-state index in [0.717, 1.165) is 24.1 Å². The molecule has 0 saturated carbocycles. The van der Waals surface area contributed by atoms with E-state index in [1.807, 2.05) is 25.3 Å². The Labute approximate surface area is 113 Å². The first kappa shape index (κ1) is 14.8. The first-order valence-electron chi connectivity index (χ1n) is 5.71. The van der Waals surface area contributed by atoms with Crippen LogP contribution in [0, 0.1) is 0 Å². The van der Waals surface area contributed by atoms with Crippen LogP contribution in [0.1, 0.15) is 18.9 Å². The highest BCUT2D eigenvalue weighted by Crippen LogP contribution is 2.24. The molecule has 0 aliphatic carbocycles. The molecule has 0 fully saturated rings. The maximum atomic E-state index is 5.79. The van der Waals surface area contributed by atoms with Crippen molar-refractivity contribution in [3.05, 3.63) is 30.0 Å². The highest BCUT2D eigenvalue weighted by Gasteiger charge is 2.12. The Kier molecular flexibility index (Phi) is 4.62. The first-order valence-corrected chi connectivity index (χ1v) is 5.71. The third-order valence-corrected chi connectivity index (χ3v) is 2.91. The van der Waals surface area contributed by atoms with Gasteiger partial charge in [0.25, 0.3) is 0 Å². The van der Waals surface area contributed by atoms with Gasteiger partial charge in [0, 0.05) is 23.2 Å². The average molecular weight is 270 g/mol. The second-order valence-electron chi connectivity index (χ2n) is 4.73. The van der Waals surface area contributed by atoms with E-state index in [0.29, 0.717) is 0 Å². The summed E-state index contributed by atoms with van der Waals surface area (Å²) in [5.74, 6) is 0.855. The summed E-state index contributed by atoms with van der Waals surface area (Å²) in [4.78, 5) is 3.24. The van der Waals surface area contributed by atoms with Crippen molar-refractivity contribution in [2.75, 3.05) is 7.11 Å². The highest BCUT2D eigenvalue weighted by atomic mass is 35.5. The molecule has 0 saturated heterocycles. The fourth-order valence-corrected chi connectivity index (χ4v) is 1.90. The number of fused-ring (bicyclic) bond motifs is 1. The predicted octanol–water partition coefficient (Wildman–Crippen LogP) is 2.16. The fraction of sp³-hybridized carbons (Fsp3) is 0.385. The van der Waals surface area contributed by atoms with E-state index in [4.69, 9.17) is 16.2 Å². The summed E-state index contributed by atoms with van der Waals surface area (Å²) >= 11 is 0. The van der Waals surface area contributed by atoms with Gasteiger partial charge in [0.2, 0.25) is 0 Å². The minimum Gasteiger partial charge on any atom is -0.497 e. The molecule has 100 valence electrons. The molecule has 0 aliphatic heterocycles. The van der Waals surface area contributed by atoms with Crippen LogP contribution in [0.15, 0.2) is 24.4 Å². The second kappa shape index (κ2) is 5.61. The lowest BCUT2D eigenvalue weighted by Gasteiger charge is -2.17. The molecule has 5 heteroatoms. The smallest absolute Gasteiger partial charge is 0.120 e. The third-order valence-electron chi connectivity index (χ3n) is 2.91. The third kappa shape index (κ3) is 3.38. The van der Waals surface area contributed by atoms with Gasteiger partial charge in [-0.05, 0) is 37.5 Å². The number of hydrogen-bond acceptors (Lipinski definition) is 3. The lowest BCUT2D eigenvalue weighted by Crippen LogP contribution is -2.46. The quantitative estimate of drug-likeness (QED) is 0.745. The van der Waals surface area contributed by atoms with E-state index < -0.39 is 5.66 Å². The number of aromatic nitrogens is 1. The first-order chi connectivity index (χ1) is 7.99. The van der Waals surface area contributed by atoms with Gasteiger partial charge in [0.1, 0.15) is 5.75 Å². The summed E-state index contributed by atoms with van der Waals surface area (Å²) in [6, 6.07) is 6.01. The van der Waals surface area contributed by atoms with Gasteiger partial charge < -0.3 is 21.2 Å². The molecule has 4 nitrogen and oxygen atoms in total. The predicted molar refractivity (Wildman–Crippen MR) is 77.2 cm³/mol. The van der Waals surface area contributed by atoms with E-state index in [1.165, 1.54) is 10.9 Å². The van der Waals surface area contributed by atoms with Crippen LogP contribution < -0.4 is 16.2 Å². The molecule has 0 amide bonds. The molecule has 5 N–H and O–H groups in total. The number of halogens is 1. The molecule has 2 rings (SSSR count). The minimum atomic E-state index is -0.615. The average Bonchev–Trinajstić information content (AvgIpc) is 2.67. The molecule has 0 radical (unpaired) electrons. The van der Waals surface area contributed by atoms with Gasteiger partial charge in [-0.25, -0.2) is 0 Å². The summed E-state index contributed by atoms with van der Waals surface area (Å²) in [7, 11) is 1.67. The van der Waals surface area contributed by atoms with E-state index in [9.17, 15) is 0 Å². The molecule has 0 spiro atoms. The van der Waals surface area contributed by atoms with Crippen molar-refractivity contribution in [1.29, 1.82) is 0 Å². The molecular formula is C13H20ClN3O. The second-order valence-corrected chi connectivity index (χ2v) is 4.73. The number of H-pyrrole nitrogens is 1. The van der Waals surface area contributed by atoms with Crippen LogP contribution in [0.3, 0.4) is 0 Å². The van der Waals surface area contributed by atoms with Gasteiger partial charge in [-0.15, -0.1) is 12.4 Å². The number of ether oxygens (including phenoxy) is 1. The normalized spacial score (nSPS) is 11.3. The zero-order valence-corrected chi connectivity index (χ0v) is 11.5. The number of rotatable bonds is 4. The Morgan fingerprint density at radius 2 is 2.06 bits per heavy atom. The Hall–Kier alpha value is -1.23. The molecular weight excluding hydrogens is 250 g/mol. The zero-order chi connectivity index (χ0) is 12.5. The number of benzene rings is 1. The van der Waals surface area contributed by atoms with E-state index >= 15 is 0 Å². The summed E-state index contributed by atoms with van der Waals surface area (Å²) in [6.07, 6.45) is 3.64. The Morgan fingerprint density at radius 3 is 2.67 bits per heavy atom. The molecule has 0 aliphatic rings. The van der Waals surface area contributed by atoms with Crippen LogP contribution in [0.2, 0.25) is 0 Å². The number of hydrogen-bond donors (Lipinski definition) is 3. The van der Waals surface area contributed by atoms with Crippen molar-refractivity contribution >= 4 is 23.3 Å². The topological polar surface area (TPSA) is 77.1 Å². The monoisotopic (exact) mass is 269 g/mol. The highest BCUT2D eigenvalue weighted by molar-refractivity contribution is 5.85. The molecule has 2 aromatic rings. The van der Waals surface area contributed by atoms with Gasteiger partial charge in [0.15, 0.2) is 0 Å². The SMILES string of the molecule is COc1ccc2c(CCC(C)(N)N)c[nH]c2c1.Cl. The van der Waals surface area contributed by atoms with Gasteiger partial charge >= 0.3 is 0 Å². The number of aromatic amines is 1. The van der Waals surface area contributed by atoms with Crippen molar-refractivity contribution in [2.45, 2.75) is 25.4 Å². The molecule has 0 atom stereocenters. The van der Waals surface area contributed by atoms with Crippen molar-refractivity contribution < 1.29 is 4.74 Å². The van der Waals surface area contributed by atoms with Crippen molar-refractivity contribution in [3.63, 3.8) is 0 Å². The Morgan fingerprint density at radius 1 is 1.33 bits per heavy atom. The van der Waals surface area contributed by atoms with Gasteiger partial charge in [0.05, 0.1) is 12.8 Å². The van der Waals surface area contributed by atoms with Gasteiger partial charge in [-0.2, -0.15) is 0 Å². The lowest BCUT2D eigenvalue weighted by molar-refractivity contribution is 0.415. The molecule has 0 bridgehead atoms. The van der Waals surface area contributed by atoms with Crippen molar-refractivity contribution in [1.82, 2.24) is 4.98 Å². The summed E-state index contributed by atoms with van der Waals surface area (Å²) in [5.41, 5.74) is 13.3. The molecule has 0 unspecified atom stereocenters. The number of nitrogens with two attached hydrogens (primary N) is 2. The van der Waals surface area contributed by atoms with E-state index in [1.54, 1.807) is 7.11 Å². The molecule has 1 aromatic carbocycles. The Balaban J connectivity index is 0.00000162. The maximum Gasteiger partial charge on any atom is 0.120 e. The fourth-order valence-electron chi connectivity index (χ4n) is 1.90. The van der Waals surface area contributed by atoms with E-state index in [2.05, 4.69) is 11.1 Å². The zero-order valence-electron chi connectivity index (χ0n) is 10.7. The summed E-state index contributed by atoms with van der Waals surface area (Å²) < 4.78 is 5.19.